The molecule has 0 saturated carbocycles. The molecular formula is C20H32N4O3. The lowest BCUT2D eigenvalue weighted by Gasteiger charge is -2.37. The highest BCUT2D eigenvalue weighted by Crippen LogP contribution is 2.34. The zero-order chi connectivity index (χ0) is 19.4. The Hall–Kier alpha value is -2.05. The third kappa shape index (κ3) is 4.12. The molecule has 27 heavy (non-hydrogen) atoms. The second-order valence-electron chi connectivity index (χ2n) is 7.85. The van der Waals surface area contributed by atoms with E-state index in [4.69, 9.17) is 4.74 Å². The zero-order valence-electron chi connectivity index (χ0n) is 16.8. The number of aromatic nitrogens is 2. The summed E-state index contributed by atoms with van der Waals surface area (Å²) < 4.78 is 7.58. The molecule has 0 aromatic carbocycles. The molecule has 2 aliphatic heterocycles. The monoisotopic (exact) mass is 376 g/mol. The van der Waals surface area contributed by atoms with Crippen molar-refractivity contribution < 1.29 is 14.3 Å². The van der Waals surface area contributed by atoms with E-state index in [1.165, 1.54) is 0 Å². The summed E-state index contributed by atoms with van der Waals surface area (Å²) in [7, 11) is 0. The predicted molar refractivity (Wildman–Crippen MR) is 103 cm³/mol. The Morgan fingerprint density at radius 1 is 1.26 bits per heavy atom. The van der Waals surface area contributed by atoms with Gasteiger partial charge >= 0.3 is 6.09 Å². The maximum absolute atomic E-state index is 12.9. The molecule has 150 valence electrons. The molecular weight excluding hydrogens is 344 g/mol. The van der Waals surface area contributed by atoms with E-state index in [2.05, 4.69) is 25.9 Å². The molecule has 3 heterocycles. The lowest BCUT2D eigenvalue weighted by atomic mass is 9.90. The van der Waals surface area contributed by atoms with Crippen molar-refractivity contribution >= 4 is 12.0 Å². The Morgan fingerprint density at radius 3 is 2.59 bits per heavy atom. The third-order valence-corrected chi connectivity index (χ3v) is 6.01. The van der Waals surface area contributed by atoms with Gasteiger partial charge in [0.15, 0.2) is 0 Å². The van der Waals surface area contributed by atoms with E-state index in [1.54, 1.807) is 16.9 Å². The van der Waals surface area contributed by atoms with Gasteiger partial charge in [0.05, 0.1) is 6.54 Å². The SMILES string of the molecule is CCCn1nccc1C(=O)N1CCC2(CC1)CN(CC(CC)CC)C(=O)O2. The largest absolute Gasteiger partial charge is 0.441 e. The summed E-state index contributed by atoms with van der Waals surface area (Å²) in [5.41, 5.74) is 0.218. The smallest absolute Gasteiger partial charge is 0.410 e. The molecule has 0 aliphatic carbocycles. The fourth-order valence-electron chi connectivity index (χ4n) is 4.14. The predicted octanol–water partition coefficient (Wildman–Crippen LogP) is 3.16. The number of piperidine rings is 1. The average molecular weight is 377 g/mol. The van der Waals surface area contributed by atoms with Gasteiger partial charge in [0.2, 0.25) is 0 Å². The number of amides is 2. The van der Waals surface area contributed by atoms with Gasteiger partial charge in [0.25, 0.3) is 5.91 Å². The summed E-state index contributed by atoms with van der Waals surface area (Å²) in [4.78, 5) is 28.9. The van der Waals surface area contributed by atoms with Gasteiger partial charge in [-0.1, -0.05) is 33.6 Å². The quantitative estimate of drug-likeness (QED) is 0.733. The van der Waals surface area contributed by atoms with Crippen LogP contribution in [-0.2, 0) is 11.3 Å². The minimum absolute atomic E-state index is 0.0222. The standard InChI is InChI=1S/C20H32N4O3/c1-4-11-24-17(7-10-21-24)18(25)22-12-8-20(9-13-22)15-23(19(26)27-20)14-16(5-2)6-3/h7,10,16H,4-6,8-9,11-15H2,1-3H3. The van der Waals surface area contributed by atoms with Crippen molar-refractivity contribution in [2.75, 3.05) is 26.2 Å². The summed E-state index contributed by atoms with van der Waals surface area (Å²) in [5.74, 6) is 0.544. The number of hydrogen-bond donors (Lipinski definition) is 0. The van der Waals surface area contributed by atoms with Crippen LogP contribution in [0.4, 0.5) is 4.79 Å². The Bertz CT molecular complexity index is 660. The van der Waals surface area contributed by atoms with E-state index >= 15 is 0 Å². The van der Waals surface area contributed by atoms with Crippen LogP contribution in [0.25, 0.3) is 0 Å². The molecule has 3 rings (SSSR count). The van der Waals surface area contributed by atoms with Crippen LogP contribution < -0.4 is 0 Å². The molecule has 1 aromatic heterocycles. The normalized spacial score (nSPS) is 19.2. The van der Waals surface area contributed by atoms with Crippen LogP contribution in [0.1, 0.15) is 63.4 Å². The van der Waals surface area contributed by atoms with E-state index in [0.29, 0.717) is 44.1 Å². The molecule has 2 aliphatic rings. The summed E-state index contributed by atoms with van der Waals surface area (Å²) in [6.45, 7) is 9.79. The van der Waals surface area contributed by atoms with Crippen LogP contribution in [0, 0.1) is 5.92 Å². The van der Waals surface area contributed by atoms with Gasteiger partial charge in [-0.3, -0.25) is 9.48 Å². The first kappa shape index (κ1) is 19.7. The number of carbonyl (C=O) groups is 2. The highest BCUT2D eigenvalue weighted by Gasteiger charge is 2.47. The van der Waals surface area contributed by atoms with Crippen molar-refractivity contribution in [1.82, 2.24) is 19.6 Å². The highest BCUT2D eigenvalue weighted by molar-refractivity contribution is 5.92. The number of rotatable bonds is 7. The van der Waals surface area contributed by atoms with Gasteiger partial charge in [-0.2, -0.15) is 5.10 Å². The Kier molecular flexibility index (Phi) is 6.07. The van der Waals surface area contributed by atoms with Gasteiger partial charge in [0.1, 0.15) is 11.3 Å². The summed E-state index contributed by atoms with van der Waals surface area (Å²) in [5, 5.41) is 4.25. The second kappa shape index (κ2) is 8.31. The lowest BCUT2D eigenvalue weighted by Crippen LogP contribution is -2.49. The van der Waals surface area contributed by atoms with Crippen molar-refractivity contribution in [3.8, 4) is 0 Å². The summed E-state index contributed by atoms with van der Waals surface area (Å²) >= 11 is 0. The van der Waals surface area contributed by atoms with Crippen molar-refractivity contribution in [2.24, 2.45) is 5.92 Å². The van der Waals surface area contributed by atoms with Crippen LogP contribution in [-0.4, -0.2) is 63.4 Å². The van der Waals surface area contributed by atoms with Gasteiger partial charge in [0, 0.05) is 45.2 Å². The summed E-state index contributed by atoms with van der Waals surface area (Å²) in [6.07, 6.45) is 5.97. The van der Waals surface area contributed by atoms with E-state index in [-0.39, 0.29) is 12.0 Å². The highest BCUT2D eigenvalue weighted by atomic mass is 16.6. The van der Waals surface area contributed by atoms with Crippen molar-refractivity contribution in [3.05, 3.63) is 18.0 Å². The van der Waals surface area contributed by atoms with Crippen LogP contribution >= 0.6 is 0 Å². The number of aryl methyl sites for hydroxylation is 1. The lowest BCUT2D eigenvalue weighted by molar-refractivity contribution is 0.00278. The molecule has 2 saturated heterocycles. The van der Waals surface area contributed by atoms with Crippen LogP contribution in [0.2, 0.25) is 0 Å². The van der Waals surface area contributed by atoms with E-state index in [9.17, 15) is 9.59 Å². The van der Waals surface area contributed by atoms with Gasteiger partial charge < -0.3 is 14.5 Å². The number of hydrogen-bond acceptors (Lipinski definition) is 4. The number of likely N-dealkylation sites (tertiary alicyclic amines) is 1. The number of carbonyl (C=O) groups excluding carboxylic acids is 2. The van der Waals surface area contributed by atoms with E-state index in [0.717, 1.165) is 32.4 Å². The van der Waals surface area contributed by atoms with E-state index in [1.807, 2.05) is 9.80 Å². The number of ether oxygens (including phenoxy) is 1. The first-order valence-corrected chi connectivity index (χ1v) is 10.3. The molecule has 0 N–H and O–H groups in total. The minimum atomic E-state index is -0.427. The molecule has 7 heteroatoms. The molecule has 0 radical (unpaired) electrons. The first-order chi connectivity index (χ1) is 13.0. The molecule has 0 bridgehead atoms. The van der Waals surface area contributed by atoms with Gasteiger partial charge in [-0.25, -0.2) is 4.79 Å². The molecule has 1 aromatic rings. The molecule has 0 unspecified atom stereocenters. The topological polar surface area (TPSA) is 67.7 Å². The fraction of sp³-hybridized carbons (Fsp3) is 0.750. The maximum Gasteiger partial charge on any atom is 0.410 e. The zero-order valence-corrected chi connectivity index (χ0v) is 16.8. The van der Waals surface area contributed by atoms with E-state index < -0.39 is 5.60 Å². The minimum Gasteiger partial charge on any atom is -0.441 e. The average Bonchev–Trinajstić information content (AvgIpc) is 3.25. The number of nitrogens with zero attached hydrogens (tertiary/aromatic N) is 4. The molecule has 7 nitrogen and oxygen atoms in total. The van der Waals surface area contributed by atoms with Crippen molar-refractivity contribution in [2.45, 2.75) is 65.0 Å². The molecule has 1 spiro atoms. The second-order valence-corrected chi connectivity index (χ2v) is 7.85. The molecule has 0 atom stereocenters. The van der Waals surface area contributed by atoms with Crippen LogP contribution in [0.3, 0.4) is 0 Å². The van der Waals surface area contributed by atoms with Gasteiger partial charge in [-0.05, 0) is 18.4 Å². The Morgan fingerprint density at radius 2 is 1.96 bits per heavy atom. The summed E-state index contributed by atoms with van der Waals surface area (Å²) in [6, 6.07) is 1.79. The van der Waals surface area contributed by atoms with Crippen LogP contribution in [0.5, 0.6) is 0 Å². The Balaban J connectivity index is 1.59. The Labute approximate surface area is 161 Å². The van der Waals surface area contributed by atoms with Gasteiger partial charge in [-0.15, -0.1) is 0 Å². The first-order valence-electron chi connectivity index (χ1n) is 10.3. The molecule has 2 amide bonds. The molecule has 2 fully saturated rings. The third-order valence-electron chi connectivity index (χ3n) is 6.01. The van der Waals surface area contributed by atoms with Crippen molar-refractivity contribution in [3.63, 3.8) is 0 Å². The van der Waals surface area contributed by atoms with Crippen molar-refractivity contribution in [1.29, 1.82) is 0 Å². The fourth-order valence-corrected chi connectivity index (χ4v) is 4.14. The van der Waals surface area contributed by atoms with Crippen LogP contribution in [0.15, 0.2) is 12.3 Å². The maximum atomic E-state index is 12.9.